The second-order valence-corrected chi connectivity index (χ2v) is 10.4. The van der Waals surface area contributed by atoms with Gasteiger partial charge in [0, 0.05) is 17.5 Å². The Morgan fingerprint density at radius 3 is 2.29 bits per heavy atom. The SMILES string of the molecule is CCCC1CCC(C2CCC(c3cc4c(c(F)c3F)Oc3c(ccc(OCC)c3F)C4)CC2)CO1. The summed E-state index contributed by atoms with van der Waals surface area (Å²) in [6.45, 7) is 5.08. The number of benzene rings is 2. The summed E-state index contributed by atoms with van der Waals surface area (Å²) in [5.74, 6) is -1.63. The van der Waals surface area contributed by atoms with Crippen molar-refractivity contribution in [2.75, 3.05) is 13.2 Å². The third kappa shape index (κ3) is 4.78. The van der Waals surface area contributed by atoms with E-state index in [0.717, 1.165) is 51.6 Å². The van der Waals surface area contributed by atoms with Gasteiger partial charge in [0.25, 0.3) is 0 Å². The highest BCUT2D eigenvalue weighted by Gasteiger charge is 2.35. The molecule has 2 atom stereocenters. The number of hydrogen-bond acceptors (Lipinski definition) is 3. The Morgan fingerprint density at radius 1 is 0.857 bits per heavy atom. The predicted molar refractivity (Wildman–Crippen MR) is 129 cm³/mol. The lowest BCUT2D eigenvalue weighted by Gasteiger charge is -2.38. The quantitative estimate of drug-likeness (QED) is 0.351. The first-order valence-electron chi connectivity index (χ1n) is 13.2. The van der Waals surface area contributed by atoms with Gasteiger partial charge in [0.15, 0.2) is 23.1 Å². The molecule has 1 saturated carbocycles. The first kappa shape index (κ1) is 24.5. The van der Waals surface area contributed by atoms with Gasteiger partial charge in [0.2, 0.25) is 11.6 Å². The largest absolute Gasteiger partial charge is 0.491 e. The van der Waals surface area contributed by atoms with Crippen LogP contribution in [0.15, 0.2) is 18.2 Å². The molecule has 0 aromatic heterocycles. The molecule has 1 saturated heterocycles. The smallest absolute Gasteiger partial charge is 0.207 e. The molecule has 2 unspecified atom stereocenters. The predicted octanol–water partition coefficient (Wildman–Crippen LogP) is 8.07. The highest BCUT2D eigenvalue weighted by molar-refractivity contribution is 5.55. The molecule has 1 aliphatic carbocycles. The van der Waals surface area contributed by atoms with Crippen LogP contribution in [-0.4, -0.2) is 19.3 Å². The molecule has 2 fully saturated rings. The number of rotatable bonds is 6. The van der Waals surface area contributed by atoms with Gasteiger partial charge in [0.1, 0.15) is 0 Å². The molecule has 35 heavy (non-hydrogen) atoms. The molecular formula is C29H35F3O3. The van der Waals surface area contributed by atoms with E-state index in [0.29, 0.717) is 47.7 Å². The zero-order chi connectivity index (χ0) is 24.5. The van der Waals surface area contributed by atoms with Crippen molar-refractivity contribution < 1.29 is 27.4 Å². The van der Waals surface area contributed by atoms with Crippen molar-refractivity contribution in [2.24, 2.45) is 11.8 Å². The van der Waals surface area contributed by atoms with Crippen molar-refractivity contribution in [3.63, 3.8) is 0 Å². The summed E-state index contributed by atoms with van der Waals surface area (Å²) < 4.78 is 62.2. The highest BCUT2D eigenvalue weighted by atomic mass is 19.2. The summed E-state index contributed by atoms with van der Waals surface area (Å²) >= 11 is 0. The molecule has 0 bridgehead atoms. The van der Waals surface area contributed by atoms with Gasteiger partial charge >= 0.3 is 0 Å². The Labute approximate surface area is 206 Å². The fourth-order valence-electron chi connectivity index (χ4n) is 6.27. The van der Waals surface area contributed by atoms with Crippen LogP contribution in [0.5, 0.6) is 17.2 Å². The van der Waals surface area contributed by atoms with Crippen LogP contribution in [0.2, 0.25) is 0 Å². The molecular weight excluding hydrogens is 453 g/mol. The molecule has 6 heteroatoms. The van der Waals surface area contributed by atoms with Gasteiger partial charge in [-0.2, -0.15) is 8.78 Å². The van der Waals surface area contributed by atoms with Crippen molar-refractivity contribution in [2.45, 2.75) is 83.7 Å². The van der Waals surface area contributed by atoms with Gasteiger partial charge in [-0.1, -0.05) is 19.4 Å². The van der Waals surface area contributed by atoms with Crippen molar-refractivity contribution in [3.05, 3.63) is 52.3 Å². The van der Waals surface area contributed by atoms with E-state index in [1.165, 1.54) is 6.42 Å². The molecule has 0 radical (unpaired) electrons. The van der Waals surface area contributed by atoms with Crippen LogP contribution in [0, 0.1) is 29.3 Å². The highest BCUT2D eigenvalue weighted by Crippen LogP contribution is 2.47. The van der Waals surface area contributed by atoms with Crippen LogP contribution in [0.25, 0.3) is 0 Å². The fraction of sp³-hybridized carbons (Fsp3) is 0.586. The topological polar surface area (TPSA) is 27.7 Å². The van der Waals surface area contributed by atoms with Crippen molar-refractivity contribution >= 4 is 0 Å². The maximum absolute atomic E-state index is 15.2. The average Bonchev–Trinajstić information content (AvgIpc) is 2.88. The summed E-state index contributed by atoms with van der Waals surface area (Å²) in [7, 11) is 0. The minimum atomic E-state index is -1.02. The normalized spacial score (nSPS) is 26.0. The summed E-state index contributed by atoms with van der Waals surface area (Å²) in [6.07, 6.45) is 9.06. The lowest BCUT2D eigenvalue weighted by Crippen LogP contribution is -2.32. The zero-order valence-electron chi connectivity index (χ0n) is 20.7. The fourth-order valence-corrected chi connectivity index (χ4v) is 6.27. The number of halogens is 3. The number of fused-ring (bicyclic) bond motifs is 2. The van der Waals surface area contributed by atoms with Gasteiger partial charge in [-0.25, -0.2) is 4.39 Å². The summed E-state index contributed by atoms with van der Waals surface area (Å²) in [4.78, 5) is 0. The molecule has 0 spiro atoms. The lowest BCUT2D eigenvalue weighted by atomic mass is 9.72. The first-order valence-corrected chi connectivity index (χ1v) is 13.2. The summed E-state index contributed by atoms with van der Waals surface area (Å²) in [5, 5.41) is 0. The second kappa shape index (κ2) is 10.4. The third-order valence-electron chi connectivity index (χ3n) is 8.19. The van der Waals surface area contributed by atoms with E-state index < -0.39 is 17.5 Å². The van der Waals surface area contributed by atoms with Gasteiger partial charge < -0.3 is 14.2 Å². The molecule has 3 nitrogen and oxygen atoms in total. The minimum Gasteiger partial charge on any atom is -0.491 e. The van der Waals surface area contributed by atoms with Crippen LogP contribution in [-0.2, 0) is 11.2 Å². The van der Waals surface area contributed by atoms with Crippen LogP contribution < -0.4 is 9.47 Å². The molecule has 190 valence electrons. The van der Waals surface area contributed by atoms with E-state index in [2.05, 4.69) is 6.92 Å². The van der Waals surface area contributed by atoms with E-state index in [1.807, 2.05) is 0 Å². The van der Waals surface area contributed by atoms with Gasteiger partial charge in [-0.15, -0.1) is 0 Å². The van der Waals surface area contributed by atoms with E-state index in [4.69, 9.17) is 14.2 Å². The van der Waals surface area contributed by atoms with Gasteiger partial charge in [-0.05, 0) is 87.3 Å². The summed E-state index contributed by atoms with van der Waals surface area (Å²) in [5.41, 5.74) is 1.61. The van der Waals surface area contributed by atoms with Crippen LogP contribution in [0.1, 0.15) is 87.8 Å². The monoisotopic (exact) mass is 488 g/mol. The number of ether oxygens (including phenoxy) is 3. The van der Waals surface area contributed by atoms with Crippen molar-refractivity contribution in [3.8, 4) is 17.2 Å². The van der Waals surface area contributed by atoms with Gasteiger partial charge in [-0.3, -0.25) is 0 Å². The zero-order valence-corrected chi connectivity index (χ0v) is 20.7. The molecule has 0 amide bonds. The van der Waals surface area contributed by atoms with E-state index >= 15 is 8.78 Å². The molecule has 3 aliphatic rings. The van der Waals surface area contributed by atoms with Crippen molar-refractivity contribution in [1.82, 2.24) is 0 Å². The molecule has 2 aromatic rings. The molecule has 2 aliphatic heterocycles. The Kier molecular flexibility index (Phi) is 7.29. The molecule has 2 heterocycles. The van der Waals surface area contributed by atoms with E-state index in [9.17, 15) is 4.39 Å². The Morgan fingerprint density at radius 2 is 1.60 bits per heavy atom. The maximum Gasteiger partial charge on any atom is 0.207 e. The van der Waals surface area contributed by atoms with E-state index in [-0.39, 0.29) is 23.2 Å². The number of hydrogen-bond donors (Lipinski definition) is 0. The Hall–Kier alpha value is -2.21. The second-order valence-electron chi connectivity index (χ2n) is 10.4. The van der Waals surface area contributed by atoms with Crippen molar-refractivity contribution in [1.29, 1.82) is 0 Å². The molecule has 2 aromatic carbocycles. The summed E-state index contributed by atoms with van der Waals surface area (Å²) in [6, 6.07) is 5.04. The van der Waals surface area contributed by atoms with Crippen LogP contribution >= 0.6 is 0 Å². The van der Waals surface area contributed by atoms with Crippen LogP contribution in [0.4, 0.5) is 13.2 Å². The third-order valence-corrected chi connectivity index (χ3v) is 8.19. The lowest BCUT2D eigenvalue weighted by molar-refractivity contribution is -0.0409. The van der Waals surface area contributed by atoms with E-state index in [1.54, 1.807) is 25.1 Å². The van der Waals surface area contributed by atoms with Crippen LogP contribution in [0.3, 0.4) is 0 Å². The minimum absolute atomic E-state index is 0.0122. The van der Waals surface area contributed by atoms with Gasteiger partial charge in [0.05, 0.1) is 19.3 Å². The molecule has 5 rings (SSSR count). The molecule has 0 N–H and O–H groups in total. The maximum atomic E-state index is 15.2. The first-order chi connectivity index (χ1) is 17.0. The Balaban J connectivity index is 1.29. The average molecular weight is 489 g/mol. The Bertz CT molecular complexity index is 1050. The standard InChI is InChI=1S/C29H35F3O3/c1-3-5-22-12-10-20(16-34-22)17-6-8-18(9-7-17)23-15-21-14-19-11-13-24(33-4-2)26(31)28(19)35-29(21)27(32)25(23)30/h11,13,15,17-18,20,22H,3-10,12,14,16H2,1-2H3.